The minimum absolute atomic E-state index is 0.00708. The van der Waals surface area contributed by atoms with Gasteiger partial charge in [0, 0.05) is 10.8 Å². The van der Waals surface area contributed by atoms with E-state index in [9.17, 15) is 9.59 Å². The first kappa shape index (κ1) is 20.0. The van der Waals surface area contributed by atoms with Crippen LogP contribution in [0.3, 0.4) is 0 Å². The molecule has 0 aromatic carbocycles. The molecule has 0 fully saturated rings. The van der Waals surface area contributed by atoms with E-state index in [0.717, 1.165) is 50.5 Å². The summed E-state index contributed by atoms with van der Waals surface area (Å²) in [7, 11) is 0. The summed E-state index contributed by atoms with van der Waals surface area (Å²) >= 11 is 1.57. The van der Waals surface area contributed by atoms with Gasteiger partial charge in [0.1, 0.15) is 5.00 Å². The summed E-state index contributed by atoms with van der Waals surface area (Å²) in [5, 5.41) is 3.71. The van der Waals surface area contributed by atoms with Gasteiger partial charge < -0.3 is 11.1 Å². The van der Waals surface area contributed by atoms with E-state index in [1.165, 1.54) is 17.7 Å². The van der Waals surface area contributed by atoms with E-state index < -0.39 is 5.91 Å². The number of carbonyl (C=O) groups is 2. The zero-order chi connectivity index (χ0) is 18.4. The topological polar surface area (TPSA) is 72.2 Å². The van der Waals surface area contributed by atoms with Crippen LogP contribution in [0.4, 0.5) is 5.00 Å². The SMILES string of the molecule is CCCC[C@@H](CC)C(=O)Nc1sc2c(c1C(N)=O)CC[C@H](CCC)C2. The molecule has 2 rings (SSSR count). The average Bonchev–Trinajstić information content (AvgIpc) is 2.93. The molecular weight excluding hydrogens is 332 g/mol. The maximum atomic E-state index is 12.6. The third kappa shape index (κ3) is 4.84. The second-order valence-corrected chi connectivity index (χ2v) is 8.31. The monoisotopic (exact) mass is 364 g/mol. The minimum Gasteiger partial charge on any atom is -0.365 e. The molecule has 1 aromatic heterocycles. The summed E-state index contributed by atoms with van der Waals surface area (Å²) in [5.41, 5.74) is 7.31. The van der Waals surface area contributed by atoms with Crippen LogP contribution in [-0.4, -0.2) is 11.8 Å². The fourth-order valence-corrected chi connectivity index (χ4v) is 5.21. The van der Waals surface area contributed by atoms with E-state index in [0.29, 0.717) is 16.5 Å². The molecule has 5 heteroatoms. The quantitative estimate of drug-likeness (QED) is 0.653. The highest BCUT2D eigenvalue weighted by atomic mass is 32.1. The molecule has 25 heavy (non-hydrogen) atoms. The third-order valence-corrected chi connectivity index (χ3v) is 6.49. The van der Waals surface area contributed by atoms with Crippen molar-refractivity contribution in [2.24, 2.45) is 17.6 Å². The minimum atomic E-state index is -0.414. The van der Waals surface area contributed by atoms with Crippen molar-refractivity contribution in [2.45, 2.75) is 78.6 Å². The van der Waals surface area contributed by atoms with Crippen LogP contribution in [0.2, 0.25) is 0 Å². The molecular formula is C20H32N2O2S. The molecule has 0 saturated carbocycles. The molecule has 0 unspecified atom stereocenters. The van der Waals surface area contributed by atoms with Crippen molar-refractivity contribution in [3.05, 3.63) is 16.0 Å². The number of nitrogens with one attached hydrogen (secondary N) is 1. The molecule has 0 aliphatic heterocycles. The van der Waals surface area contributed by atoms with Gasteiger partial charge in [-0.05, 0) is 43.6 Å². The van der Waals surface area contributed by atoms with Gasteiger partial charge in [0.25, 0.3) is 5.91 Å². The molecule has 0 bridgehead atoms. The fraction of sp³-hybridized carbons (Fsp3) is 0.700. The Labute approximate surface area is 155 Å². The molecule has 0 saturated heterocycles. The Morgan fingerprint density at radius 2 is 2.04 bits per heavy atom. The molecule has 1 heterocycles. The lowest BCUT2D eigenvalue weighted by atomic mass is 9.84. The summed E-state index contributed by atoms with van der Waals surface area (Å²) in [6, 6.07) is 0. The highest BCUT2D eigenvalue weighted by Crippen LogP contribution is 2.40. The summed E-state index contributed by atoms with van der Waals surface area (Å²) in [5.74, 6) is 0.312. The number of thiophene rings is 1. The van der Waals surface area contributed by atoms with Gasteiger partial charge in [-0.3, -0.25) is 9.59 Å². The maximum Gasteiger partial charge on any atom is 0.251 e. The lowest BCUT2D eigenvalue weighted by Gasteiger charge is -2.21. The van der Waals surface area contributed by atoms with Crippen LogP contribution in [0.25, 0.3) is 0 Å². The number of nitrogens with two attached hydrogens (primary N) is 1. The van der Waals surface area contributed by atoms with Crippen molar-refractivity contribution >= 4 is 28.2 Å². The molecule has 0 radical (unpaired) electrons. The number of amides is 2. The first-order valence-corrected chi connectivity index (χ1v) is 10.6. The van der Waals surface area contributed by atoms with Gasteiger partial charge in [-0.1, -0.05) is 46.5 Å². The molecule has 1 aliphatic rings. The molecule has 0 spiro atoms. The van der Waals surface area contributed by atoms with Gasteiger partial charge in [0.15, 0.2) is 0 Å². The van der Waals surface area contributed by atoms with Crippen LogP contribution < -0.4 is 11.1 Å². The van der Waals surface area contributed by atoms with Gasteiger partial charge >= 0.3 is 0 Å². The number of anilines is 1. The van der Waals surface area contributed by atoms with Crippen LogP contribution in [0.1, 0.15) is 86.5 Å². The van der Waals surface area contributed by atoms with E-state index in [2.05, 4.69) is 19.2 Å². The van der Waals surface area contributed by atoms with Crippen molar-refractivity contribution in [3.63, 3.8) is 0 Å². The maximum absolute atomic E-state index is 12.6. The molecule has 1 aromatic rings. The molecule has 2 atom stereocenters. The smallest absolute Gasteiger partial charge is 0.251 e. The third-order valence-electron chi connectivity index (χ3n) is 5.32. The normalized spacial score (nSPS) is 17.8. The Kier molecular flexibility index (Phi) is 7.48. The number of fused-ring (bicyclic) bond motifs is 1. The lowest BCUT2D eigenvalue weighted by Crippen LogP contribution is -2.24. The fourth-order valence-electron chi connectivity index (χ4n) is 3.84. The number of hydrogen-bond donors (Lipinski definition) is 2. The van der Waals surface area contributed by atoms with Crippen molar-refractivity contribution < 1.29 is 9.59 Å². The molecule has 4 nitrogen and oxygen atoms in total. The van der Waals surface area contributed by atoms with Crippen LogP contribution in [-0.2, 0) is 17.6 Å². The first-order valence-electron chi connectivity index (χ1n) is 9.76. The highest BCUT2D eigenvalue weighted by Gasteiger charge is 2.29. The van der Waals surface area contributed by atoms with Crippen LogP contribution in [0.15, 0.2) is 0 Å². The highest BCUT2D eigenvalue weighted by molar-refractivity contribution is 7.17. The molecule has 3 N–H and O–H groups in total. The zero-order valence-corrected chi connectivity index (χ0v) is 16.6. The lowest BCUT2D eigenvalue weighted by molar-refractivity contribution is -0.120. The second kappa shape index (κ2) is 9.37. The predicted octanol–water partition coefficient (Wildman–Crippen LogP) is 4.91. The predicted molar refractivity (Wildman–Crippen MR) is 105 cm³/mol. The van der Waals surface area contributed by atoms with E-state index in [1.807, 2.05) is 6.92 Å². The summed E-state index contributed by atoms with van der Waals surface area (Å²) in [4.78, 5) is 25.9. The summed E-state index contributed by atoms with van der Waals surface area (Å²) < 4.78 is 0. The van der Waals surface area contributed by atoms with Crippen LogP contribution >= 0.6 is 11.3 Å². The standard InChI is InChI=1S/C20H32N2O2S/c1-4-7-9-14(6-3)19(24)22-20-17(18(21)23)15-11-10-13(8-5-2)12-16(15)25-20/h13-14H,4-12H2,1-3H3,(H2,21,23)(H,22,24)/t13-,14+/m0/s1. The van der Waals surface area contributed by atoms with Gasteiger partial charge in [-0.15, -0.1) is 11.3 Å². The second-order valence-electron chi connectivity index (χ2n) is 7.21. The molecule has 140 valence electrons. The van der Waals surface area contributed by atoms with Gasteiger partial charge in [0.2, 0.25) is 5.91 Å². The number of carbonyl (C=O) groups excluding carboxylic acids is 2. The largest absolute Gasteiger partial charge is 0.365 e. The van der Waals surface area contributed by atoms with Gasteiger partial charge in [0.05, 0.1) is 5.56 Å². The van der Waals surface area contributed by atoms with E-state index in [-0.39, 0.29) is 11.8 Å². The average molecular weight is 365 g/mol. The zero-order valence-electron chi connectivity index (χ0n) is 15.8. The van der Waals surface area contributed by atoms with Gasteiger partial charge in [-0.25, -0.2) is 0 Å². The van der Waals surface area contributed by atoms with E-state index in [4.69, 9.17) is 5.73 Å². The Balaban J connectivity index is 2.20. The molecule has 2 amide bonds. The Morgan fingerprint density at radius 3 is 2.64 bits per heavy atom. The number of rotatable bonds is 9. The van der Waals surface area contributed by atoms with Crippen LogP contribution in [0.5, 0.6) is 0 Å². The van der Waals surface area contributed by atoms with E-state index in [1.54, 1.807) is 11.3 Å². The van der Waals surface area contributed by atoms with Crippen molar-refractivity contribution in [3.8, 4) is 0 Å². The number of hydrogen-bond acceptors (Lipinski definition) is 3. The van der Waals surface area contributed by atoms with Gasteiger partial charge in [-0.2, -0.15) is 0 Å². The first-order chi connectivity index (χ1) is 12.0. The van der Waals surface area contributed by atoms with Crippen molar-refractivity contribution in [2.75, 3.05) is 5.32 Å². The Bertz CT molecular complexity index is 609. The van der Waals surface area contributed by atoms with Crippen LogP contribution in [0, 0.1) is 11.8 Å². The summed E-state index contributed by atoms with van der Waals surface area (Å²) in [6.45, 7) is 6.39. The number of primary amides is 1. The molecule has 1 aliphatic carbocycles. The van der Waals surface area contributed by atoms with E-state index >= 15 is 0 Å². The summed E-state index contributed by atoms with van der Waals surface area (Å²) in [6.07, 6.45) is 9.29. The van der Waals surface area contributed by atoms with Crippen molar-refractivity contribution in [1.82, 2.24) is 0 Å². The Morgan fingerprint density at radius 1 is 1.28 bits per heavy atom. The Hall–Kier alpha value is -1.36. The van der Waals surface area contributed by atoms with Crippen molar-refractivity contribution in [1.29, 1.82) is 0 Å². The number of unbranched alkanes of at least 4 members (excludes halogenated alkanes) is 1.